The van der Waals surface area contributed by atoms with Crippen molar-refractivity contribution in [1.82, 2.24) is 9.80 Å². The summed E-state index contributed by atoms with van der Waals surface area (Å²) in [5.74, 6) is 0.799. The van der Waals surface area contributed by atoms with E-state index >= 15 is 0 Å². The monoisotopic (exact) mass is 224 g/mol. The van der Waals surface area contributed by atoms with Gasteiger partial charge in [-0.1, -0.05) is 19.8 Å². The molecule has 0 spiro atoms. The van der Waals surface area contributed by atoms with E-state index in [1.54, 1.807) is 0 Å². The molecule has 2 aliphatic heterocycles. The van der Waals surface area contributed by atoms with Crippen LogP contribution in [0.5, 0.6) is 0 Å². The minimum Gasteiger partial charge on any atom is -0.325 e. The number of rotatable bonds is 0. The fourth-order valence-electron chi connectivity index (χ4n) is 2.66. The Labute approximate surface area is 98.8 Å². The molecule has 2 amide bonds. The van der Waals surface area contributed by atoms with E-state index in [1.165, 1.54) is 38.5 Å². The Balaban J connectivity index is 1.85. The Morgan fingerprint density at radius 3 is 1.94 bits per heavy atom. The van der Waals surface area contributed by atoms with E-state index in [-0.39, 0.29) is 0 Å². The van der Waals surface area contributed by atoms with Crippen LogP contribution in [-0.4, -0.2) is 42.0 Å². The molecule has 0 aromatic carbocycles. The zero-order chi connectivity index (χ0) is 11.4. The summed E-state index contributed by atoms with van der Waals surface area (Å²) in [5.41, 5.74) is 0. The van der Waals surface area contributed by atoms with Gasteiger partial charge in [0.15, 0.2) is 0 Å². The molecule has 0 aromatic heterocycles. The van der Waals surface area contributed by atoms with Gasteiger partial charge < -0.3 is 9.80 Å². The lowest BCUT2D eigenvalue weighted by Gasteiger charge is -2.34. The van der Waals surface area contributed by atoms with Crippen molar-refractivity contribution in [2.75, 3.05) is 26.2 Å². The van der Waals surface area contributed by atoms with Crippen molar-refractivity contribution >= 4 is 6.03 Å². The predicted molar refractivity (Wildman–Crippen MR) is 65.4 cm³/mol. The van der Waals surface area contributed by atoms with Gasteiger partial charge in [0.25, 0.3) is 0 Å². The summed E-state index contributed by atoms with van der Waals surface area (Å²) in [4.78, 5) is 16.4. The second-order valence-corrected chi connectivity index (χ2v) is 5.35. The van der Waals surface area contributed by atoms with Crippen molar-refractivity contribution in [3.8, 4) is 0 Å². The lowest BCUT2D eigenvalue weighted by Crippen LogP contribution is -2.46. The molecule has 2 rings (SSSR count). The van der Waals surface area contributed by atoms with Gasteiger partial charge in [-0.3, -0.25) is 0 Å². The van der Waals surface area contributed by atoms with Crippen molar-refractivity contribution in [2.45, 2.75) is 45.4 Å². The van der Waals surface area contributed by atoms with Gasteiger partial charge in [0, 0.05) is 26.2 Å². The topological polar surface area (TPSA) is 23.6 Å². The summed E-state index contributed by atoms with van der Waals surface area (Å²) < 4.78 is 0. The quantitative estimate of drug-likeness (QED) is 0.620. The highest BCUT2D eigenvalue weighted by molar-refractivity contribution is 5.74. The van der Waals surface area contributed by atoms with Gasteiger partial charge in [-0.15, -0.1) is 0 Å². The molecule has 0 radical (unpaired) electrons. The maximum Gasteiger partial charge on any atom is 0.319 e. The van der Waals surface area contributed by atoms with Crippen molar-refractivity contribution in [1.29, 1.82) is 0 Å². The molecule has 0 bridgehead atoms. The summed E-state index contributed by atoms with van der Waals surface area (Å²) in [6.45, 7) is 6.18. The summed E-state index contributed by atoms with van der Waals surface area (Å²) in [6.07, 6.45) is 7.33. The fraction of sp³-hybridized carbons (Fsp3) is 0.923. The molecule has 2 fully saturated rings. The number of carbonyl (C=O) groups is 1. The van der Waals surface area contributed by atoms with Crippen LogP contribution < -0.4 is 0 Å². The Kier molecular flexibility index (Phi) is 4.08. The zero-order valence-corrected chi connectivity index (χ0v) is 10.5. The maximum atomic E-state index is 12.3. The SMILES string of the molecule is CC1CCN(C(=O)N2CCCCCC2)CC1. The Morgan fingerprint density at radius 2 is 1.38 bits per heavy atom. The van der Waals surface area contributed by atoms with Gasteiger partial charge in [0.2, 0.25) is 0 Å². The molecule has 16 heavy (non-hydrogen) atoms. The van der Waals surface area contributed by atoms with Gasteiger partial charge in [0.05, 0.1) is 0 Å². The highest BCUT2D eigenvalue weighted by Gasteiger charge is 2.24. The molecule has 92 valence electrons. The summed E-state index contributed by atoms with van der Waals surface area (Å²) in [5, 5.41) is 0. The van der Waals surface area contributed by atoms with Crippen molar-refractivity contribution in [3.63, 3.8) is 0 Å². The van der Waals surface area contributed by atoms with Gasteiger partial charge in [-0.05, 0) is 31.6 Å². The first-order valence-corrected chi connectivity index (χ1v) is 6.81. The van der Waals surface area contributed by atoms with Gasteiger partial charge in [-0.25, -0.2) is 4.79 Å². The first-order chi connectivity index (χ1) is 7.77. The highest BCUT2D eigenvalue weighted by atomic mass is 16.2. The molecular formula is C13H24N2O. The van der Waals surface area contributed by atoms with E-state index in [1.807, 2.05) is 0 Å². The van der Waals surface area contributed by atoms with Gasteiger partial charge >= 0.3 is 6.03 Å². The lowest BCUT2D eigenvalue weighted by molar-refractivity contribution is 0.136. The zero-order valence-electron chi connectivity index (χ0n) is 10.5. The molecule has 0 aliphatic carbocycles. The molecule has 0 unspecified atom stereocenters. The minimum atomic E-state index is 0.300. The third kappa shape index (κ3) is 2.89. The second kappa shape index (κ2) is 5.55. The van der Waals surface area contributed by atoms with Crippen molar-refractivity contribution < 1.29 is 4.79 Å². The summed E-state index contributed by atoms with van der Waals surface area (Å²) >= 11 is 0. The predicted octanol–water partition coefficient (Wildman–Crippen LogP) is 2.71. The normalized spacial score (nSPS) is 24.3. The van der Waals surface area contributed by atoms with Crippen LogP contribution in [0.1, 0.15) is 45.4 Å². The van der Waals surface area contributed by atoms with Crippen LogP contribution in [0.3, 0.4) is 0 Å². The first kappa shape index (κ1) is 11.7. The third-order valence-electron chi connectivity index (χ3n) is 3.93. The number of nitrogens with zero attached hydrogens (tertiary/aromatic N) is 2. The number of piperidine rings is 1. The largest absolute Gasteiger partial charge is 0.325 e. The van der Waals surface area contributed by atoms with E-state index in [0.29, 0.717) is 6.03 Å². The van der Waals surface area contributed by atoms with Crippen molar-refractivity contribution in [2.24, 2.45) is 5.92 Å². The van der Waals surface area contributed by atoms with E-state index in [0.717, 1.165) is 32.1 Å². The van der Waals surface area contributed by atoms with Gasteiger partial charge in [0.1, 0.15) is 0 Å². The van der Waals surface area contributed by atoms with Crippen LogP contribution >= 0.6 is 0 Å². The Hall–Kier alpha value is -0.730. The second-order valence-electron chi connectivity index (χ2n) is 5.35. The molecule has 0 saturated carbocycles. The Bertz CT molecular complexity index is 226. The average Bonchev–Trinajstić information content (AvgIpc) is 2.57. The van der Waals surface area contributed by atoms with E-state index in [4.69, 9.17) is 0 Å². The number of urea groups is 1. The molecule has 3 heteroatoms. The van der Waals surface area contributed by atoms with Crippen LogP contribution in [0.2, 0.25) is 0 Å². The minimum absolute atomic E-state index is 0.300. The maximum absolute atomic E-state index is 12.3. The third-order valence-corrected chi connectivity index (χ3v) is 3.93. The standard InChI is InChI=1S/C13H24N2O/c1-12-6-10-15(11-7-12)13(16)14-8-4-2-3-5-9-14/h12H,2-11H2,1H3. The molecule has 0 aromatic rings. The summed E-state index contributed by atoms with van der Waals surface area (Å²) in [6, 6.07) is 0.300. The summed E-state index contributed by atoms with van der Waals surface area (Å²) in [7, 11) is 0. The molecule has 2 saturated heterocycles. The van der Waals surface area contributed by atoms with Crippen LogP contribution in [0.4, 0.5) is 4.79 Å². The number of hydrogen-bond acceptors (Lipinski definition) is 1. The fourth-order valence-corrected chi connectivity index (χ4v) is 2.66. The molecule has 0 N–H and O–H groups in total. The molecule has 3 nitrogen and oxygen atoms in total. The molecule has 0 atom stereocenters. The van der Waals surface area contributed by atoms with E-state index in [9.17, 15) is 4.79 Å². The molecular weight excluding hydrogens is 200 g/mol. The molecule has 2 aliphatic rings. The number of carbonyl (C=O) groups excluding carboxylic acids is 1. The first-order valence-electron chi connectivity index (χ1n) is 6.81. The van der Waals surface area contributed by atoms with Crippen LogP contribution in [0.25, 0.3) is 0 Å². The van der Waals surface area contributed by atoms with Crippen LogP contribution in [-0.2, 0) is 0 Å². The Morgan fingerprint density at radius 1 is 0.875 bits per heavy atom. The van der Waals surface area contributed by atoms with Crippen LogP contribution in [0, 0.1) is 5.92 Å². The van der Waals surface area contributed by atoms with E-state index in [2.05, 4.69) is 16.7 Å². The molecule has 2 heterocycles. The van der Waals surface area contributed by atoms with Gasteiger partial charge in [-0.2, -0.15) is 0 Å². The number of amides is 2. The highest BCUT2D eigenvalue weighted by Crippen LogP contribution is 2.18. The average molecular weight is 224 g/mol. The van der Waals surface area contributed by atoms with E-state index < -0.39 is 0 Å². The number of hydrogen-bond donors (Lipinski definition) is 0. The smallest absolute Gasteiger partial charge is 0.319 e. The lowest BCUT2D eigenvalue weighted by atomic mass is 9.99. The number of likely N-dealkylation sites (tertiary alicyclic amines) is 2. The van der Waals surface area contributed by atoms with Crippen LogP contribution in [0.15, 0.2) is 0 Å². The van der Waals surface area contributed by atoms with Crippen molar-refractivity contribution in [3.05, 3.63) is 0 Å².